The first-order valence-corrected chi connectivity index (χ1v) is 18.4. The minimum absolute atomic E-state index is 0.159. The van der Waals surface area contributed by atoms with E-state index in [1.165, 1.54) is 0 Å². The predicted octanol–water partition coefficient (Wildman–Crippen LogP) is 9.80. The Hall–Kier alpha value is -0.360. The topological polar surface area (TPSA) is 83.1 Å². The molecule has 0 amide bonds. The number of hydrogen-bond donors (Lipinski definition) is 0. The summed E-state index contributed by atoms with van der Waals surface area (Å²) < 4.78 is 48.0. The van der Waals surface area contributed by atoms with Crippen LogP contribution in [-0.2, 0) is 42.9 Å². The van der Waals surface area contributed by atoms with Crippen molar-refractivity contribution in [3.05, 3.63) is 0 Å². The number of rotatable bonds is 29. The molecule has 0 radical (unpaired) electrons. The van der Waals surface area contributed by atoms with Gasteiger partial charge in [0.05, 0.1) is 44.2 Å². The molecule has 0 N–H and O–H groups in total. The maximum absolute atomic E-state index is 6.99. The van der Waals surface area contributed by atoms with E-state index in [0.29, 0.717) is 45.4 Å². The van der Waals surface area contributed by atoms with Crippen molar-refractivity contribution in [3.63, 3.8) is 0 Å². The van der Waals surface area contributed by atoms with Crippen molar-refractivity contribution in [2.24, 2.45) is 17.3 Å². The van der Waals surface area contributed by atoms with Gasteiger partial charge in [0.2, 0.25) is 0 Å². The molecule has 0 aliphatic carbocycles. The normalized spacial score (nSPS) is 18.1. The highest BCUT2D eigenvalue weighted by Crippen LogP contribution is 2.55. The van der Waals surface area contributed by atoms with Gasteiger partial charge in [-0.25, -0.2) is 4.89 Å². The van der Waals surface area contributed by atoms with Gasteiger partial charge >= 0.3 is 11.9 Å². The summed E-state index contributed by atoms with van der Waals surface area (Å²) >= 11 is 0. The molecular formula is C37H76O9. The third kappa shape index (κ3) is 15.5. The highest BCUT2D eigenvalue weighted by molar-refractivity contribution is 4.99. The van der Waals surface area contributed by atoms with Gasteiger partial charge in [-0.15, -0.1) is 0 Å². The van der Waals surface area contributed by atoms with Gasteiger partial charge in [0.1, 0.15) is 0 Å². The Morgan fingerprint density at radius 3 is 1.72 bits per heavy atom. The number of unbranched alkanes of at least 4 members (excludes halogenated alkanes) is 3. The Morgan fingerprint density at radius 1 is 0.609 bits per heavy atom. The summed E-state index contributed by atoms with van der Waals surface area (Å²) in [5.74, 6) is -3.19. The maximum atomic E-state index is 6.99. The van der Waals surface area contributed by atoms with Crippen molar-refractivity contribution >= 4 is 0 Å². The van der Waals surface area contributed by atoms with Crippen molar-refractivity contribution < 1.29 is 42.9 Å². The maximum Gasteiger partial charge on any atom is 0.331 e. The van der Waals surface area contributed by atoms with E-state index in [0.717, 1.165) is 44.9 Å². The van der Waals surface area contributed by atoms with Crippen LogP contribution >= 0.6 is 0 Å². The molecule has 0 rings (SSSR count). The standard InChI is InChI=1S/C37H76O9/c1-16-20-22-26-40-37(45-34(12,13)14,46-42-27-23-29(5)6)35(15,33(38-24-18-3)43-31(9)10)36(39-25-21-17-2,41-28-30(7)8)44-32(11)19-4/h29-33H,16-28H2,1-15H3. The SMILES string of the molecule is CCCCCOC(OOCCC(C)C)(OC(C)(C)C)C(C)(C(OCCC)OC(C)C)C(OCCCC)(OCC(C)C)OC(C)CC. The van der Waals surface area contributed by atoms with Crippen molar-refractivity contribution in [2.45, 2.75) is 191 Å². The molecule has 0 fully saturated rings. The van der Waals surface area contributed by atoms with Crippen LogP contribution in [0.15, 0.2) is 0 Å². The van der Waals surface area contributed by atoms with E-state index >= 15 is 0 Å². The van der Waals surface area contributed by atoms with E-state index in [9.17, 15) is 0 Å². The number of hydrogen-bond acceptors (Lipinski definition) is 9. The number of ether oxygens (including phenoxy) is 7. The molecule has 0 aromatic rings. The molecule has 0 saturated heterocycles. The van der Waals surface area contributed by atoms with Crippen LogP contribution in [0, 0.1) is 17.3 Å². The van der Waals surface area contributed by atoms with Crippen molar-refractivity contribution in [1.82, 2.24) is 0 Å². The Labute approximate surface area is 284 Å². The lowest BCUT2D eigenvalue weighted by molar-refractivity contribution is -0.608. The van der Waals surface area contributed by atoms with Crippen LogP contribution in [0.2, 0.25) is 0 Å². The van der Waals surface area contributed by atoms with E-state index < -0.39 is 29.3 Å². The van der Waals surface area contributed by atoms with Crippen LogP contribution in [0.4, 0.5) is 0 Å². The summed E-state index contributed by atoms with van der Waals surface area (Å²) in [4.78, 5) is 12.6. The van der Waals surface area contributed by atoms with Gasteiger partial charge in [0, 0.05) is 6.61 Å². The Kier molecular flexibility index (Phi) is 22.9. The Balaban J connectivity index is 8.09. The summed E-state index contributed by atoms with van der Waals surface area (Å²) in [7, 11) is 0. The Bertz CT molecular complexity index is 741. The third-order valence-electron chi connectivity index (χ3n) is 7.37. The van der Waals surface area contributed by atoms with Gasteiger partial charge in [-0.1, -0.05) is 74.7 Å². The first-order chi connectivity index (χ1) is 21.5. The fourth-order valence-electron chi connectivity index (χ4n) is 4.58. The second-order valence-corrected chi connectivity index (χ2v) is 14.8. The summed E-state index contributed by atoms with van der Waals surface area (Å²) in [6.45, 7) is 32.4. The van der Waals surface area contributed by atoms with Crippen molar-refractivity contribution in [2.75, 3.05) is 33.0 Å². The summed E-state index contributed by atoms with van der Waals surface area (Å²) in [6.07, 6.45) is 5.20. The van der Waals surface area contributed by atoms with Crippen LogP contribution in [-0.4, -0.2) is 69.1 Å². The third-order valence-corrected chi connectivity index (χ3v) is 7.37. The average molecular weight is 665 g/mol. The quantitative estimate of drug-likeness (QED) is 0.0336. The van der Waals surface area contributed by atoms with Crippen molar-refractivity contribution in [1.29, 1.82) is 0 Å². The van der Waals surface area contributed by atoms with Crippen molar-refractivity contribution in [3.8, 4) is 0 Å². The second kappa shape index (κ2) is 23.1. The zero-order chi connectivity index (χ0) is 35.4. The van der Waals surface area contributed by atoms with Gasteiger partial charge in [-0.2, -0.15) is 4.89 Å². The highest BCUT2D eigenvalue weighted by Gasteiger charge is 2.74. The monoisotopic (exact) mass is 665 g/mol. The van der Waals surface area contributed by atoms with E-state index in [1.807, 2.05) is 48.5 Å². The lowest BCUT2D eigenvalue weighted by Crippen LogP contribution is -2.73. The summed E-state index contributed by atoms with van der Waals surface area (Å²) in [5.41, 5.74) is -2.34. The van der Waals surface area contributed by atoms with E-state index in [4.69, 9.17) is 42.9 Å². The molecule has 0 heterocycles. The van der Waals surface area contributed by atoms with E-state index in [-0.39, 0.29) is 18.1 Å². The average Bonchev–Trinajstić information content (AvgIpc) is 2.96. The molecule has 0 saturated carbocycles. The molecule has 0 bridgehead atoms. The molecule has 5 unspecified atom stereocenters. The lowest BCUT2D eigenvalue weighted by atomic mass is 9.81. The molecule has 9 nitrogen and oxygen atoms in total. The van der Waals surface area contributed by atoms with Gasteiger partial charge in [0.15, 0.2) is 11.7 Å². The minimum atomic E-state index is -1.96. The fourth-order valence-corrected chi connectivity index (χ4v) is 4.58. The van der Waals surface area contributed by atoms with Gasteiger partial charge < -0.3 is 33.2 Å². The van der Waals surface area contributed by atoms with Gasteiger partial charge in [-0.05, 0) is 92.4 Å². The second-order valence-electron chi connectivity index (χ2n) is 14.8. The lowest BCUT2D eigenvalue weighted by Gasteiger charge is -2.57. The molecule has 0 aliphatic rings. The smallest absolute Gasteiger partial charge is 0.331 e. The van der Waals surface area contributed by atoms with Gasteiger partial charge in [0.25, 0.3) is 0 Å². The van der Waals surface area contributed by atoms with Crippen LogP contribution < -0.4 is 0 Å². The van der Waals surface area contributed by atoms with E-state index in [2.05, 4.69) is 55.4 Å². The van der Waals surface area contributed by atoms with E-state index in [1.54, 1.807) is 0 Å². The Morgan fingerprint density at radius 2 is 1.22 bits per heavy atom. The molecule has 5 atom stereocenters. The highest BCUT2D eigenvalue weighted by atomic mass is 17.3. The largest absolute Gasteiger partial charge is 0.351 e. The summed E-state index contributed by atoms with van der Waals surface area (Å²) in [6, 6.07) is 0. The van der Waals surface area contributed by atoms with Crippen LogP contribution in [0.25, 0.3) is 0 Å². The molecule has 9 heteroatoms. The zero-order valence-corrected chi connectivity index (χ0v) is 32.8. The molecule has 0 spiro atoms. The zero-order valence-electron chi connectivity index (χ0n) is 32.8. The first kappa shape index (κ1) is 45.6. The molecule has 46 heavy (non-hydrogen) atoms. The van der Waals surface area contributed by atoms with Crippen LogP contribution in [0.5, 0.6) is 0 Å². The molecule has 278 valence electrons. The molecule has 0 aromatic carbocycles. The summed E-state index contributed by atoms with van der Waals surface area (Å²) in [5, 5.41) is 0. The fraction of sp³-hybridized carbons (Fsp3) is 1.00. The minimum Gasteiger partial charge on any atom is -0.351 e. The molecule has 0 aliphatic heterocycles. The molecular weight excluding hydrogens is 588 g/mol. The van der Waals surface area contributed by atoms with Crippen LogP contribution in [0.1, 0.15) is 155 Å². The van der Waals surface area contributed by atoms with Crippen LogP contribution in [0.3, 0.4) is 0 Å². The van der Waals surface area contributed by atoms with Gasteiger partial charge in [-0.3, -0.25) is 0 Å². The predicted molar refractivity (Wildman–Crippen MR) is 185 cm³/mol. The molecule has 0 aromatic heterocycles. The first-order valence-electron chi connectivity index (χ1n) is 18.4.